The number of aliphatic hydroxyl groups is 4. The van der Waals surface area contributed by atoms with Gasteiger partial charge in [-0.1, -0.05) is 48.0 Å². The van der Waals surface area contributed by atoms with Crippen molar-refractivity contribution in [3.05, 3.63) is 0 Å². The molecule has 85 heavy (non-hydrogen) atoms. The summed E-state index contributed by atoms with van der Waals surface area (Å²) in [7, 11) is 0. The fourth-order valence-electron chi connectivity index (χ4n) is 7.65. The van der Waals surface area contributed by atoms with Gasteiger partial charge in [-0.2, -0.15) is 92.2 Å². The molecule has 0 amide bonds. The summed E-state index contributed by atoms with van der Waals surface area (Å²) < 4.78 is 305. The Kier molecular flexibility index (Phi) is 23.8. The van der Waals surface area contributed by atoms with Gasteiger partial charge >= 0.3 is 89.9 Å². The van der Waals surface area contributed by atoms with Crippen molar-refractivity contribution < 1.29 is 165 Å². The second-order valence-corrected chi connectivity index (χ2v) is 22.5. The van der Waals surface area contributed by atoms with Gasteiger partial charge in [0.05, 0.1) is 35.9 Å². The summed E-state index contributed by atoms with van der Waals surface area (Å²) in [6, 6.07) is 0. The van der Waals surface area contributed by atoms with Crippen LogP contribution in [-0.4, -0.2) is 158 Å². The van der Waals surface area contributed by atoms with Crippen LogP contribution in [0.5, 0.6) is 0 Å². The van der Waals surface area contributed by atoms with Crippen molar-refractivity contribution in [2.24, 2.45) is 22.7 Å². The minimum atomic E-state index is -5.92. The predicted molar refractivity (Wildman–Crippen MR) is 245 cm³/mol. The van der Waals surface area contributed by atoms with E-state index in [1.54, 1.807) is 27.7 Å². The molecule has 4 rings (SSSR count). The first-order chi connectivity index (χ1) is 37.5. The lowest BCUT2D eigenvalue weighted by atomic mass is 9.77. The zero-order chi connectivity index (χ0) is 67.8. The number of ether oxygens (including phenoxy) is 7. The minimum absolute atomic E-state index is 0.150. The van der Waals surface area contributed by atoms with Gasteiger partial charge < -0.3 is 53.6 Å². The average Bonchev–Trinajstić information content (AvgIpc) is 1.63. The third-order valence-corrected chi connectivity index (χ3v) is 15.2. The summed E-state index contributed by atoms with van der Waals surface area (Å²) >= 11 is 0. The van der Waals surface area contributed by atoms with Gasteiger partial charge in [-0.15, -0.1) is 0 Å². The molecule has 15 nitrogen and oxygen atoms in total. The Morgan fingerprint density at radius 3 is 1.22 bits per heavy atom. The van der Waals surface area contributed by atoms with Crippen molar-refractivity contribution in [3.8, 4) is 0 Å². The first kappa shape index (κ1) is 79.1. The van der Waals surface area contributed by atoms with E-state index < -0.39 is 173 Å². The summed E-state index contributed by atoms with van der Waals surface area (Å²) in [4.78, 5) is 46.9. The van der Waals surface area contributed by atoms with Crippen LogP contribution in [0.4, 0.5) is 92.2 Å². The van der Waals surface area contributed by atoms with Crippen LogP contribution in [-0.2, 0) is 52.3 Å². The number of halogens is 21. The lowest BCUT2D eigenvalue weighted by molar-refractivity contribution is -0.412. The fraction of sp³-hybridized carbons (Fsp3) is 0.918. The van der Waals surface area contributed by atoms with Gasteiger partial charge in [0.25, 0.3) is 5.60 Å². The number of carbonyl (C=O) groups excluding carboxylic acids is 4. The summed E-state index contributed by atoms with van der Waals surface area (Å²) in [5, 5.41) is 36.8. The molecule has 3 heterocycles. The molecule has 3 aliphatic heterocycles. The number of fused-ring (bicyclic) bond motifs is 1. The van der Waals surface area contributed by atoms with E-state index in [4.69, 9.17) is 14.9 Å². The Morgan fingerprint density at radius 1 is 0.541 bits per heavy atom. The third kappa shape index (κ3) is 14.7. The SMILES string of the molecule is CCC(C)(C)C(=O)OC(C)CC(O)(C(F)(F)F)C(F)(F)F.CCC(C)(C)C(=O)OC1(C)COC(O)(C(F)(F)F)C1(F)F.CCC(C)C(=O)OC1(C)COC(O)(C(F)(F)F)C1(F)F.CCC(C)C(=O)OC12CCCCC1OC(O)(C(F)(F)F)C2(F)F. The van der Waals surface area contributed by atoms with E-state index in [0.717, 1.165) is 6.92 Å². The number of rotatable bonds is 14. The van der Waals surface area contributed by atoms with Crippen LogP contribution in [0.1, 0.15) is 148 Å². The molecular weight excluding hydrogens is 1230 g/mol. The topological polar surface area (TPSA) is 214 Å². The molecule has 0 aromatic carbocycles. The molecule has 3 saturated heterocycles. The van der Waals surface area contributed by atoms with Crippen LogP contribution >= 0.6 is 0 Å². The van der Waals surface area contributed by atoms with Crippen molar-refractivity contribution >= 4 is 23.9 Å². The first-order valence-electron chi connectivity index (χ1n) is 25.7. The standard InChI is InChI=1S/C14H19F5O4.C12H18F6O3.C12H17F5O4.C11H15F5O4/c1-3-8(2)10(20)23-11-7-5-4-6-9(11)22-13(21,12(11,15)16)14(17,18)19;1-5-9(3,4)8(19)21-7(2)6-10(20,11(13,14)15)12(16,17)18;1-5-8(2,3)7(18)21-9(4)6-20-11(19,10(9,13)14)12(15,16)17;1-4-6(2)7(17)20-8(3)5-19-10(18,9(8,12)13)11(14,15)16/h8-9,21H,3-7H2,1-2H3;7,20H,5-6H2,1-4H3;19H,5-6H2,1-4H3;6,18H,4-5H2,1-3H3. The second kappa shape index (κ2) is 25.6. The van der Waals surface area contributed by atoms with E-state index in [-0.39, 0.29) is 32.1 Å². The van der Waals surface area contributed by atoms with E-state index >= 15 is 0 Å². The number of hydrogen-bond donors (Lipinski definition) is 4. The highest BCUT2D eigenvalue weighted by molar-refractivity contribution is 5.77. The quantitative estimate of drug-likeness (QED) is 0.0723. The van der Waals surface area contributed by atoms with E-state index in [1.165, 1.54) is 41.5 Å². The first-order valence-corrected chi connectivity index (χ1v) is 25.7. The summed E-state index contributed by atoms with van der Waals surface area (Å²) in [5.74, 6) is -34.1. The van der Waals surface area contributed by atoms with Gasteiger partial charge in [0.15, 0.2) is 0 Å². The van der Waals surface area contributed by atoms with Gasteiger partial charge in [-0.25, -0.2) is 0 Å². The minimum Gasteiger partial charge on any atom is -0.462 e. The van der Waals surface area contributed by atoms with Crippen molar-refractivity contribution in [3.63, 3.8) is 0 Å². The second-order valence-electron chi connectivity index (χ2n) is 22.5. The molecule has 502 valence electrons. The molecule has 4 fully saturated rings. The lowest BCUT2D eigenvalue weighted by Gasteiger charge is -2.41. The highest BCUT2D eigenvalue weighted by Crippen LogP contribution is 2.62. The Bertz CT molecular complexity index is 2270. The molecule has 0 aromatic rings. The maximum Gasteiger partial charge on any atom is 0.449 e. The van der Waals surface area contributed by atoms with Gasteiger partial charge in [0.2, 0.25) is 16.8 Å². The van der Waals surface area contributed by atoms with E-state index in [9.17, 15) is 122 Å². The van der Waals surface area contributed by atoms with Crippen molar-refractivity contribution in [2.75, 3.05) is 13.2 Å². The number of esters is 4. The maximum absolute atomic E-state index is 14.6. The van der Waals surface area contributed by atoms with Gasteiger partial charge in [0.1, 0.15) is 12.2 Å². The Hall–Kier alpha value is -3.87. The van der Waals surface area contributed by atoms with E-state index in [0.29, 0.717) is 26.7 Å². The van der Waals surface area contributed by atoms with Crippen molar-refractivity contribution in [1.29, 1.82) is 0 Å². The molecule has 10 unspecified atom stereocenters. The molecule has 36 heteroatoms. The molecular formula is C49H69F21O15. The van der Waals surface area contributed by atoms with E-state index in [1.807, 2.05) is 0 Å². The highest BCUT2D eigenvalue weighted by Gasteiger charge is 2.87. The summed E-state index contributed by atoms with van der Waals surface area (Å²) in [6.45, 7) is 14.5. The molecule has 10 atom stereocenters. The molecule has 4 N–H and O–H groups in total. The Morgan fingerprint density at radius 2 is 0.894 bits per heavy atom. The summed E-state index contributed by atoms with van der Waals surface area (Å²) in [6.07, 6.45) is -33.4. The van der Waals surface area contributed by atoms with Crippen LogP contribution in [0.2, 0.25) is 0 Å². The largest absolute Gasteiger partial charge is 0.462 e. The smallest absolute Gasteiger partial charge is 0.449 e. The Balaban J connectivity index is 0.000000568. The van der Waals surface area contributed by atoms with Crippen molar-refractivity contribution in [2.45, 2.75) is 248 Å². The van der Waals surface area contributed by atoms with Crippen LogP contribution in [0.3, 0.4) is 0 Å². The molecule has 1 saturated carbocycles. The zero-order valence-corrected chi connectivity index (χ0v) is 47.8. The van der Waals surface area contributed by atoms with Gasteiger partial charge in [-0.05, 0) is 93.4 Å². The molecule has 0 spiro atoms. The normalized spacial score (nSPS) is 30.5. The molecule has 0 aromatic heterocycles. The lowest BCUT2D eigenvalue weighted by Crippen LogP contribution is -2.65. The monoisotopic (exact) mass is 1300 g/mol. The molecule has 1 aliphatic carbocycles. The number of hydrogen-bond acceptors (Lipinski definition) is 15. The maximum atomic E-state index is 14.6. The fourth-order valence-corrected chi connectivity index (χ4v) is 7.65. The van der Waals surface area contributed by atoms with Crippen molar-refractivity contribution in [1.82, 2.24) is 0 Å². The predicted octanol–water partition coefficient (Wildman–Crippen LogP) is 11.7. The Labute approximate surface area is 472 Å². The summed E-state index contributed by atoms with van der Waals surface area (Å²) in [5.41, 5.74) is -15.7. The number of alkyl halides is 21. The van der Waals surface area contributed by atoms with E-state index in [2.05, 4.69) is 28.4 Å². The third-order valence-electron chi connectivity index (χ3n) is 15.2. The van der Waals surface area contributed by atoms with Gasteiger partial charge in [0, 0.05) is 6.42 Å². The highest BCUT2D eigenvalue weighted by atomic mass is 19.4. The van der Waals surface area contributed by atoms with Crippen LogP contribution in [0.15, 0.2) is 0 Å². The number of carbonyl (C=O) groups is 4. The molecule has 0 radical (unpaired) electrons. The van der Waals surface area contributed by atoms with Gasteiger partial charge in [-0.3, -0.25) is 19.2 Å². The van der Waals surface area contributed by atoms with Crippen LogP contribution < -0.4 is 0 Å². The molecule has 0 bridgehead atoms. The van der Waals surface area contributed by atoms with Crippen LogP contribution in [0, 0.1) is 22.7 Å². The average molecular weight is 1300 g/mol. The zero-order valence-electron chi connectivity index (χ0n) is 47.8. The molecule has 4 aliphatic rings. The van der Waals surface area contributed by atoms with Crippen LogP contribution in [0.25, 0.3) is 0 Å².